The third-order valence-corrected chi connectivity index (χ3v) is 9.59. The van der Waals surface area contributed by atoms with E-state index in [-0.39, 0.29) is 0 Å². The number of aromatic nitrogens is 2. The lowest BCUT2D eigenvalue weighted by Crippen LogP contribution is -1.99. The van der Waals surface area contributed by atoms with Crippen LogP contribution in [0.25, 0.3) is 82.1 Å². The molecule has 0 saturated carbocycles. The van der Waals surface area contributed by atoms with Crippen LogP contribution in [0.1, 0.15) is 11.1 Å². The monoisotopic (exact) mass is 635 g/mol. The van der Waals surface area contributed by atoms with Crippen LogP contribution in [0.5, 0.6) is 0 Å². The van der Waals surface area contributed by atoms with Gasteiger partial charge in [0.05, 0.1) is 57.6 Å². The summed E-state index contributed by atoms with van der Waals surface area (Å²) in [6.45, 7) is 7.64. The fourth-order valence-corrected chi connectivity index (χ4v) is 7.41. The molecule has 0 amide bonds. The molecule has 0 saturated heterocycles. The standard InChI is InChI=1S/C45H25N5/c1-48-32-19-22-45-40(26-32)39-24-30(28-47)18-21-44(39)50(45)43-16-7-2-11-35(43)34-20-17-29(27-46)23-38(34)31-9-8-10-33(25-31)49-41-14-5-3-12-36(41)37-13-4-6-15-42(37)49/h2-26H. The van der Waals surface area contributed by atoms with E-state index in [1.54, 1.807) is 0 Å². The van der Waals surface area contributed by atoms with Crippen molar-refractivity contribution in [2.75, 3.05) is 0 Å². The molecule has 0 bridgehead atoms. The number of para-hydroxylation sites is 3. The first kappa shape index (κ1) is 28.8. The maximum atomic E-state index is 10.0. The van der Waals surface area contributed by atoms with Gasteiger partial charge in [0.25, 0.3) is 0 Å². The van der Waals surface area contributed by atoms with E-state index in [0.717, 1.165) is 66.5 Å². The van der Waals surface area contributed by atoms with Crippen molar-refractivity contribution in [1.82, 2.24) is 9.13 Å². The largest absolute Gasteiger partial charge is 0.309 e. The van der Waals surface area contributed by atoms with Crippen LogP contribution in [-0.4, -0.2) is 9.13 Å². The highest BCUT2D eigenvalue weighted by atomic mass is 15.0. The third kappa shape index (κ3) is 4.38. The molecule has 50 heavy (non-hydrogen) atoms. The molecule has 0 aliphatic carbocycles. The minimum atomic E-state index is 0.546. The molecular formula is C45H25N5. The van der Waals surface area contributed by atoms with Gasteiger partial charge in [0.15, 0.2) is 5.69 Å². The van der Waals surface area contributed by atoms with Gasteiger partial charge in [0.1, 0.15) is 0 Å². The average Bonchev–Trinajstić information content (AvgIpc) is 3.69. The van der Waals surface area contributed by atoms with Crippen LogP contribution in [-0.2, 0) is 0 Å². The van der Waals surface area contributed by atoms with E-state index in [9.17, 15) is 10.5 Å². The summed E-state index contributed by atoms with van der Waals surface area (Å²) in [7, 11) is 0. The zero-order valence-corrected chi connectivity index (χ0v) is 26.7. The van der Waals surface area contributed by atoms with Gasteiger partial charge >= 0.3 is 0 Å². The molecule has 2 aromatic heterocycles. The summed E-state index contributed by atoms with van der Waals surface area (Å²) >= 11 is 0. The molecule has 5 nitrogen and oxygen atoms in total. The highest BCUT2D eigenvalue weighted by Crippen LogP contribution is 2.42. The predicted octanol–water partition coefficient (Wildman–Crippen LogP) is 11.5. The molecule has 2 heterocycles. The number of benzene rings is 7. The average molecular weight is 636 g/mol. The zero-order valence-electron chi connectivity index (χ0n) is 26.7. The quantitative estimate of drug-likeness (QED) is 0.181. The Morgan fingerprint density at radius 3 is 1.82 bits per heavy atom. The van der Waals surface area contributed by atoms with E-state index in [2.05, 4.69) is 111 Å². The molecule has 0 aliphatic heterocycles. The first-order chi connectivity index (χ1) is 24.7. The molecule has 0 fully saturated rings. The minimum absolute atomic E-state index is 0.546. The van der Waals surface area contributed by atoms with Crippen molar-refractivity contribution in [2.45, 2.75) is 0 Å². The SMILES string of the molecule is [C-]#[N+]c1ccc2c(c1)c1cc(C#N)ccc1n2-c1ccccc1-c1ccc(C#N)cc1-c1cccc(-n2c3ccccc3c3ccccc32)c1. The van der Waals surface area contributed by atoms with Crippen molar-refractivity contribution in [3.05, 3.63) is 174 Å². The Labute approximate surface area is 288 Å². The summed E-state index contributed by atoms with van der Waals surface area (Å²) in [5.74, 6) is 0. The Hall–Kier alpha value is -7.39. The lowest BCUT2D eigenvalue weighted by molar-refractivity contribution is 1.18. The molecule has 0 N–H and O–H groups in total. The van der Waals surface area contributed by atoms with Gasteiger partial charge in [-0.05, 0) is 94.9 Å². The molecule has 0 radical (unpaired) electrons. The maximum absolute atomic E-state index is 10.0. The smallest absolute Gasteiger partial charge is 0.188 e. The fourth-order valence-electron chi connectivity index (χ4n) is 7.41. The molecule has 230 valence electrons. The van der Waals surface area contributed by atoms with E-state index >= 15 is 0 Å². The van der Waals surface area contributed by atoms with Gasteiger partial charge in [-0.3, -0.25) is 0 Å². The molecule has 5 heteroatoms. The second-order valence-electron chi connectivity index (χ2n) is 12.3. The second-order valence-corrected chi connectivity index (χ2v) is 12.3. The van der Waals surface area contributed by atoms with Crippen LogP contribution >= 0.6 is 0 Å². The van der Waals surface area contributed by atoms with E-state index < -0.39 is 0 Å². The molecule has 0 aliphatic rings. The third-order valence-electron chi connectivity index (χ3n) is 9.59. The number of hydrogen-bond donors (Lipinski definition) is 0. The van der Waals surface area contributed by atoms with E-state index in [4.69, 9.17) is 6.57 Å². The fraction of sp³-hybridized carbons (Fsp3) is 0. The maximum Gasteiger partial charge on any atom is 0.188 e. The molecule has 9 aromatic rings. The van der Waals surface area contributed by atoms with Gasteiger partial charge in [-0.1, -0.05) is 78.9 Å². The molecule has 9 rings (SSSR count). The predicted molar refractivity (Wildman–Crippen MR) is 202 cm³/mol. The van der Waals surface area contributed by atoms with Crippen molar-refractivity contribution < 1.29 is 0 Å². The molecule has 0 unspecified atom stereocenters. The van der Waals surface area contributed by atoms with E-state index in [0.29, 0.717) is 16.8 Å². The van der Waals surface area contributed by atoms with E-state index in [1.165, 1.54) is 10.8 Å². The molecule has 0 spiro atoms. The Morgan fingerprint density at radius 1 is 0.460 bits per heavy atom. The van der Waals surface area contributed by atoms with Crippen LogP contribution in [0.4, 0.5) is 5.69 Å². The Balaban J connectivity index is 1.29. The Bertz CT molecular complexity index is 2850. The van der Waals surface area contributed by atoms with Crippen molar-refractivity contribution in [1.29, 1.82) is 10.5 Å². The van der Waals surface area contributed by atoms with Crippen LogP contribution < -0.4 is 0 Å². The number of rotatable bonds is 4. The van der Waals surface area contributed by atoms with Gasteiger partial charge in [0.2, 0.25) is 0 Å². The van der Waals surface area contributed by atoms with Crippen molar-refractivity contribution in [3.8, 4) is 45.8 Å². The summed E-state index contributed by atoms with van der Waals surface area (Å²) in [6.07, 6.45) is 0. The van der Waals surface area contributed by atoms with Crippen molar-refractivity contribution in [3.63, 3.8) is 0 Å². The summed E-state index contributed by atoms with van der Waals surface area (Å²) in [4.78, 5) is 3.69. The molecule has 7 aromatic carbocycles. The first-order valence-electron chi connectivity index (χ1n) is 16.3. The zero-order chi connectivity index (χ0) is 33.8. The lowest BCUT2D eigenvalue weighted by Gasteiger charge is -2.18. The van der Waals surface area contributed by atoms with E-state index in [1.807, 2.05) is 66.7 Å². The number of nitrogens with zero attached hydrogens (tertiary/aromatic N) is 5. The van der Waals surface area contributed by atoms with Crippen LogP contribution in [0, 0.1) is 29.2 Å². The normalized spacial score (nSPS) is 11.1. The Morgan fingerprint density at radius 2 is 1.08 bits per heavy atom. The topological polar surface area (TPSA) is 61.8 Å². The highest BCUT2D eigenvalue weighted by Gasteiger charge is 2.19. The second kappa shape index (κ2) is 11.4. The molecular weight excluding hydrogens is 611 g/mol. The minimum Gasteiger partial charge on any atom is -0.309 e. The van der Waals surface area contributed by atoms with Gasteiger partial charge < -0.3 is 9.13 Å². The summed E-state index contributed by atoms with van der Waals surface area (Å²) in [5.41, 5.74) is 11.8. The summed E-state index contributed by atoms with van der Waals surface area (Å²) < 4.78 is 4.52. The highest BCUT2D eigenvalue weighted by molar-refractivity contribution is 6.12. The van der Waals surface area contributed by atoms with Crippen LogP contribution in [0.2, 0.25) is 0 Å². The Kier molecular flexibility index (Phi) is 6.56. The van der Waals surface area contributed by atoms with Gasteiger partial charge in [0, 0.05) is 27.4 Å². The summed E-state index contributed by atoms with van der Waals surface area (Å²) in [6, 6.07) is 55.7. The first-order valence-corrected chi connectivity index (χ1v) is 16.3. The number of fused-ring (bicyclic) bond motifs is 6. The summed E-state index contributed by atoms with van der Waals surface area (Å²) in [5, 5.41) is 24.0. The lowest BCUT2D eigenvalue weighted by atomic mass is 9.91. The van der Waals surface area contributed by atoms with Crippen molar-refractivity contribution >= 4 is 49.3 Å². The number of nitriles is 2. The van der Waals surface area contributed by atoms with Gasteiger partial charge in [-0.2, -0.15) is 10.5 Å². The van der Waals surface area contributed by atoms with Crippen LogP contribution in [0.15, 0.2) is 152 Å². The van der Waals surface area contributed by atoms with Crippen molar-refractivity contribution in [2.24, 2.45) is 0 Å². The van der Waals surface area contributed by atoms with Gasteiger partial charge in [-0.25, -0.2) is 4.85 Å². The molecule has 0 atom stereocenters. The van der Waals surface area contributed by atoms with Crippen LogP contribution in [0.3, 0.4) is 0 Å². The van der Waals surface area contributed by atoms with Gasteiger partial charge in [-0.15, -0.1) is 0 Å². The number of hydrogen-bond acceptors (Lipinski definition) is 2.